The van der Waals surface area contributed by atoms with Gasteiger partial charge in [-0.1, -0.05) is 11.6 Å². The molecule has 0 fully saturated rings. The molecule has 0 bridgehead atoms. The van der Waals surface area contributed by atoms with Crippen molar-refractivity contribution in [2.45, 2.75) is 13.0 Å². The van der Waals surface area contributed by atoms with Crippen LogP contribution in [0.5, 0.6) is 0 Å². The van der Waals surface area contributed by atoms with Crippen LogP contribution in [0, 0.1) is 0 Å². The lowest BCUT2D eigenvalue weighted by molar-refractivity contribution is 0.0600. The predicted molar refractivity (Wildman–Crippen MR) is 53.4 cm³/mol. The molecule has 1 aromatic heterocycles. The van der Waals surface area contributed by atoms with Crippen LogP contribution in [-0.4, -0.2) is 18.1 Å². The molecule has 1 heterocycles. The van der Waals surface area contributed by atoms with Gasteiger partial charge in [0.2, 0.25) is 0 Å². The molecule has 0 aliphatic carbocycles. The number of rotatable bonds is 3. The fraction of sp³-hybridized carbons (Fsp3) is 0.333. The Morgan fingerprint density at radius 2 is 2.31 bits per heavy atom. The Balaban J connectivity index is 3.37. The minimum Gasteiger partial charge on any atom is -0.465 e. The highest BCUT2D eigenvalue weighted by Gasteiger charge is 2.22. The smallest absolute Gasteiger partial charge is 0.339 e. The maximum Gasteiger partial charge on any atom is 0.339 e. The van der Waals surface area contributed by atoms with Gasteiger partial charge in [-0.15, -0.1) is 0 Å². The molecule has 88 valence electrons. The van der Waals surface area contributed by atoms with Gasteiger partial charge >= 0.3 is 5.97 Å². The summed E-state index contributed by atoms with van der Waals surface area (Å²) in [6.45, 7) is -0.0686. The van der Waals surface area contributed by atoms with E-state index >= 15 is 0 Å². The number of hydrogen-bond donors (Lipinski definition) is 1. The number of nitrogens with zero attached hydrogens (tertiary/aromatic N) is 1. The zero-order valence-corrected chi connectivity index (χ0v) is 9.09. The zero-order valence-electron chi connectivity index (χ0n) is 8.34. The third-order valence-corrected chi connectivity index (χ3v) is 2.25. The summed E-state index contributed by atoms with van der Waals surface area (Å²) in [6.07, 6.45) is -2.87. The molecule has 1 aromatic rings. The molecule has 4 nitrogen and oxygen atoms in total. The van der Waals surface area contributed by atoms with Gasteiger partial charge in [0.05, 0.1) is 23.4 Å². The van der Waals surface area contributed by atoms with Crippen molar-refractivity contribution in [1.29, 1.82) is 0 Å². The average Bonchev–Trinajstić information content (AvgIpc) is 2.28. The van der Waals surface area contributed by atoms with E-state index in [0.29, 0.717) is 0 Å². The number of aromatic nitrogens is 1. The summed E-state index contributed by atoms with van der Waals surface area (Å²) in [6, 6.07) is 1.24. The maximum atomic E-state index is 12.6. The molecule has 0 atom stereocenters. The first-order valence-corrected chi connectivity index (χ1v) is 4.64. The van der Waals surface area contributed by atoms with Crippen LogP contribution < -0.4 is 5.73 Å². The lowest BCUT2D eigenvalue weighted by Crippen LogP contribution is -2.10. The molecule has 0 spiro atoms. The molecule has 0 saturated heterocycles. The van der Waals surface area contributed by atoms with Gasteiger partial charge in [0, 0.05) is 6.54 Å². The van der Waals surface area contributed by atoms with Gasteiger partial charge in [0.25, 0.3) is 6.43 Å². The van der Waals surface area contributed by atoms with Crippen molar-refractivity contribution in [3.05, 3.63) is 28.0 Å². The number of nitrogens with two attached hydrogens (primary N) is 1. The summed E-state index contributed by atoms with van der Waals surface area (Å²) < 4.78 is 29.5. The second-order valence-electron chi connectivity index (χ2n) is 2.86. The standard InChI is InChI=1S/C9H9ClF2N2O2/c1-16-9(15)5-2-4(3-13)14-7(6(5)10)8(11)12/h2,8H,3,13H2,1H3. The molecule has 0 saturated carbocycles. The Hall–Kier alpha value is -1.27. The topological polar surface area (TPSA) is 65.2 Å². The highest BCUT2D eigenvalue weighted by Crippen LogP contribution is 2.29. The number of hydrogen-bond acceptors (Lipinski definition) is 4. The van der Waals surface area contributed by atoms with E-state index in [4.69, 9.17) is 17.3 Å². The van der Waals surface area contributed by atoms with Crippen LogP contribution >= 0.6 is 11.6 Å². The van der Waals surface area contributed by atoms with E-state index < -0.39 is 23.1 Å². The Kier molecular flexibility index (Phi) is 4.14. The van der Waals surface area contributed by atoms with Crippen molar-refractivity contribution in [1.82, 2.24) is 4.98 Å². The zero-order chi connectivity index (χ0) is 12.3. The Labute approximate surface area is 95.4 Å². The average molecular weight is 251 g/mol. The van der Waals surface area contributed by atoms with E-state index in [1.807, 2.05) is 0 Å². The first-order chi connectivity index (χ1) is 7.51. The molecule has 0 amide bonds. The molecule has 16 heavy (non-hydrogen) atoms. The number of esters is 1. The number of methoxy groups -OCH3 is 1. The fourth-order valence-corrected chi connectivity index (χ4v) is 1.37. The summed E-state index contributed by atoms with van der Waals surface area (Å²) in [5, 5.41) is -0.404. The van der Waals surface area contributed by atoms with E-state index in [2.05, 4.69) is 9.72 Å². The third-order valence-electron chi connectivity index (χ3n) is 1.86. The van der Waals surface area contributed by atoms with Gasteiger partial charge in [-0.2, -0.15) is 0 Å². The van der Waals surface area contributed by atoms with E-state index in [1.165, 1.54) is 6.07 Å². The van der Waals surface area contributed by atoms with Gasteiger partial charge in [-0.3, -0.25) is 0 Å². The van der Waals surface area contributed by atoms with Crippen LogP contribution in [0.2, 0.25) is 5.02 Å². The van der Waals surface area contributed by atoms with Crippen molar-refractivity contribution < 1.29 is 18.3 Å². The van der Waals surface area contributed by atoms with Crippen molar-refractivity contribution >= 4 is 17.6 Å². The lowest BCUT2D eigenvalue weighted by atomic mass is 10.2. The minimum absolute atomic E-state index is 0.0686. The third kappa shape index (κ3) is 2.45. The van der Waals surface area contributed by atoms with Gasteiger partial charge in [0.1, 0.15) is 5.69 Å². The molecule has 0 radical (unpaired) electrons. The first-order valence-electron chi connectivity index (χ1n) is 4.27. The number of carbonyl (C=O) groups is 1. The lowest BCUT2D eigenvalue weighted by Gasteiger charge is -2.09. The van der Waals surface area contributed by atoms with Gasteiger partial charge in [-0.25, -0.2) is 18.6 Å². The molecular weight excluding hydrogens is 242 g/mol. The van der Waals surface area contributed by atoms with Gasteiger partial charge in [0.15, 0.2) is 0 Å². The summed E-state index contributed by atoms with van der Waals surface area (Å²) in [5.41, 5.74) is 4.61. The first kappa shape index (κ1) is 12.8. The highest BCUT2D eigenvalue weighted by atomic mass is 35.5. The monoisotopic (exact) mass is 250 g/mol. The van der Waals surface area contributed by atoms with Gasteiger partial charge in [-0.05, 0) is 6.07 Å². The highest BCUT2D eigenvalue weighted by molar-refractivity contribution is 6.34. The van der Waals surface area contributed by atoms with Crippen LogP contribution in [0.1, 0.15) is 28.2 Å². The Morgan fingerprint density at radius 1 is 1.69 bits per heavy atom. The van der Waals surface area contributed by atoms with Crippen molar-refractivity contribution in [2.75, 3.05) is 7.11 Å². The number of ether oxygens (including phenoxy) is 1. The number of pyridine rings is 1. The molecule has 2 N–H and O–H groups in total. The molecule has 0 aliphatic heterocycles. The Morgan fingerprint density at radius 3 is 2.75 bits per heavy atom. The molecule has 7 heteroatoms. The van der Waals surface area contributed by atoms with E-state index in [-0.39, 0.29) is 17.8 Å². The number of carbonyl (C=O) groups excluding carboxylic acids is 1. The largest absolute Gasteiger partial charge is 0.465 e. The summed E-state index contributed by atoms with van der Waals surface area (Å²) in [4.78, 5) is 14.8. The minimum atomic E-state index is -2.87. The van der Waals surface area contributed by atoms with Crippen LogP contribution in [0.15, 0.2) is 6.07 Å². The van der Waals surface area contributed by atoms with Crippen molar-refractivity contribution in [3.8, 4) is 0 Å². The van der Waals surface area contributed by atoms with Gasteiger partial charge < -0.3 is 10.5 Å². The quantitative estimate of drug-likeness (QED) is 0.833. The summed E-state index contributed by atoms with van der Waals surface area (Å²) in [5.74, 6) is -0.802. The van der Waals surface area contributed by atoms with E-state index in [1.54, 1.807) is 0 Å². The molecule has 0 unspecified atom stereocenters. The van der Waals surface area contributed by atoms with Crippen molar-refractivity contribution in [2.24, 2.45) is 5.73 Å². The fourth-order valence-electron chi connectivity index (χ4n) is 1.11. The Bertz CT molecular complexity index is 413. The summed E-state index contributed by atoms with van der Waals surface area (Å²) >= 11 is 5.62. The van der Waals surface area contributed by atoms with E-state index in [9.17, 15) is 13.6 Å². The SMILES string of the molecule is COC(=O)c1cc(CN)nc(C(F)F)c1Cl. The number of alkyl halides is 2. The normalized spacial score (nSPS) is 10.6. The van der Waals surface area contributed by atoms with E-state index in [0.717, 1.165) is 7.11 Å². The van der Waals surface area contributed by atoms with Crippen molar-refractivity contribution in [3.63, 3.8) is 0 Å². The number of halogens is 3. The van der Waals surface area contributed by atoms with Crippen LogP contribution in [0.4, 0.5) is 8.78 Å². The molecule has 1 rings (SSSR count). The van der Waals surface area contributed by atoms with Crippen LogP contribution in [0.3, 0.4) is 0 Å². The second kappa shape index (κ2) is 5.18. The predicted octanol–water partition coefficient (Wildman–Crippen LogP) is 1.92. The molecular formula is C9H9ClF2N2O2. The second-order valence-corrected chi connectivity index (χ2v) is 3.23. The summed E-state index contributed by atoms with van der Waals surface area (Å²) in [7, 11) is 1.13. The maximum absolute atomic E-state index is 12.6. The molecule has 0 aromatic carbocycles. The van der Waals surface area contributed by atoms with Crippen LogP contribution in [0.25, 0.3) is 0 Å². The molecule has 0 aliphatic rings. The van der Waals surface area contributed by atoms with Crippen LogP contribution in [-0.2, 0) is 11.3 Å².